The normalized spacial score (nSPS) is 18.3. The van der Waals surface area contributed by atoms with Crippen molar-refractivity contribution in [2.24, 2.45) is 0 Å². The Morgan fingerprint density at radius 2 is 1.76 bits per heavy atom. The third-order valence-corrected chi connectivity index (χ3v) is 3.36. The third kappa shape index (κ3) is 2.03. The molecule has 1 unspecified atom stereocenters. The van der Waals surface area contributed by atoms with Crippen LogP contribution < -0.4 is 5.32 Å². The van der Waals surface area contributed by atoms with Gasteiger partial charge in [0.15, 0.2) is 0 Å². The van der Waals surface area contributed by atoms with Crippen molar-refractivity contribution in [2.75, 3.05) is 11.9 Å². The number of hydrogen-bond donors (Lipinski definition) is 1. The van der Waals surface area contributed by atoms with Crippen LogP contribution in [0.25, 0.3) is 0 Å². The predicted molar refractivity (Wildman–Crippen MR) is 67.8 cm³/mol. The number of anilines is 1. The van der Waals surface area contributed by atoms with Crippen LogP contribution in [0.5, 0.6) is 0 Å². The van der Waals surface area contributed by atoms with E-state index in [0.29, 0.717) is 5.92 Å². The van der Waals surface area contributed by atoms with Crippen LogP contribution in [0.15, 0.2) is 48.5 Å². The van der Waals surface area contributed by atoms with Crippen LogP contribution in [-0.4, -0.2) is 6.54 Å². The standard InChI is InChI=1S/C15H14FN/c16-14-7-5-11(6-8-14)13-9-12-3-1-2-4-15(12)17-10-13/h1-8,13,17H,9-10H2. The molecule has 1 heterocycles. The first-order chi connectivity index (χ1) is 8.33. The summed E-state index contributed by atoms with van der Waals surface area (Å²) in [4.78, 5) is 0. The van der Waals surface area contributed by atoms with Crippen LogP contribution in [0.1, 0.15) is 17.0 Å². The van der Waals surface area contributed by atoms with Gasteiger partial charge >= 0.3 is 0 Å². The average molecular weight is 227 g/mol. The summed E-state index contributed by atoms with van der Waals surface area (Å²) < 4.78 is 12.9. The van der Waals surface area contributed by atoms with Crippen molar-refractivity contribution in [3.8, 4) is 0 Å². The van der Waals surface area contributed by atoms with Crippen molar-refractivity contribution in [3.05, 3.63) is 65.5 Å². The molecule has 1 N–H and O–H groups in total. The van der Waals surface area contributed by atoms with Gasteiger partial charge in [0.25, 0.3) is 0 Å². The molecule has 3 rings (SSSR count). The number of fused-ring (bicyclic) bond motifs is 1. The summed E-state index contributed by atoms with van der Waals surface area (Å²) in [6.07, 6.45) is 1.02. The molecule has 1 aliphatic heterocycles. The van der Waals surface area contributed by atoms with Gasteiger partial charge in [0, 0.05) is 18.2 Å². The number of halogens is 1. The summed E-state index contributed by atoms with van der Waals surface area (Å²) in [5.74, 6) is 0.267. The molecule has 0 saturated carbocycles. The van der Waals surface area contributed by atoms with Gasteiger partial charge in [0.1, 0.15) is 5.82 Å². The van der Waals surface area contributed by atoms with Gasteiger partial charge in [0.2, 0.25) is 0 Å². The average Bonchev–Trinajstić information content (AvgIpc) is 2.39. The van der Waals surface area contributed by atoms with Crippen LogP contribution in [0.2, 0.25) is 0 Å². The zero-order valence-electron chi connectivity index (χ0n) is 9.49. The molecule has 86 valence electrons. The summed E-state index contributed by atoms with van der Waals surface area (Å²) in [5.41, 5.74) is 3.77. The molecule has 1 aliphatic rings. The van der Waals surface area contributed by atoms with E-state index < -0.39 is 0 Å². The minimum Gasteiger partial charge on any atom is -0.384 e. The molecule has 2 aromatic rings. The summed E-state index contributed by atoms with van der Waals surface area (Å²) in [7, 11) is 0. The highest BCUT2D eigenvalue weighted by atomic mass is 19.1. The molecule has 1 atom stereocenters. The van der Waals surface area contributed by atoms with Gasteiger partial charge in [-0.25, -0.2) is 4.39 Å². The Morgan fingerprint density at radius 1 is 1.00 bits per heavy atom. The fraction of sp³-hybridized carbons (Fsp3) is 0.200. The molecule has 0 saturated heterocycles. The van der Waals surface area contributed by atoms with Crippen molar-refractivity contribution < 1.29 is 4.39 Å². The van der Waals surface area contributed by atoms with Gasteiger partial charge in [-0.2, -0.15) is 0 Å². The van der Waals surface area contributed by atoms with Crippen LogP contribution in [-0.2, 0) is 6.42 Å². The maximum Gasteiger partial charge on any atom is 0.123 e. The minimum atomic E-state index is -0.169. The molecule has 0 aliphatic carbocycles. The monoisotopic (exact) mass is 227 g/mol. The molecule has 0 aromatic heterocycles. The maximum absolute atomic E-state index is 12.9. The van der Waals surface area contributed by atoms with Gasteiger partial charge in [-0.15, -0.1) is 0 Å². The molecule has 0 fully saturated rings. The lowest BCUT2D eigenvalue weighted by Gasteiger charge is -2.26. The summed E-state index contributed by atoms with van der Waals surface area (Å²) in [6, 6.07) is 15.2. The number of hydrogen-bond acceptors (Lipinski definition) is 1. The lowest BCUT2D eigenvalue weighted by Crippen LogP contribution is -2.21. The molecular weight excluding hydrogens is 213 g/mol. The fourth-order valence-electron chi connectivity index (χ4n) is 2.41. The number of para-hydroxylation sites is 1. The third-order valence-electron chi connectivity index (χ3n) is 3.36. The lowest BCUT2D eigenvalue weighted by atomic mass is 9.88. The SMILES string of the molecule is Fc1ccc(C2CNc3ccccc3C2)cc1. The van der Waals surface area contributed by atoms with E-state index >= 15 is 0 Å². The largest absolute Gasteiger partial charge is 0.384 e. The van der Waals surface area contributed by atoms with Gasteiger partial charge in [0.05, 0.1) is 0 Å². The van der Waals surface area contributed by atoms with Crippen LogP contribution in [0, 0.1) is 5.82 Å². The summed E-state index contributed by atoms with van der Waals surface area (Å²) >= 11 is 0. The van der Waals surface area contributed by atoms with Crippen molar-refractivity contribution in [3.63, 3.8) is 0 Å². The first-order valence-corrected chi connectivity index (χ1v) is 5.90. The quantitative estimate of drug-likeness (QED) is 0.785. The van der Waals surface area contributed by atoms with Gasteiger partial charge < -0.3 is 5.32 Å². The highest BCUT2D eigenvalue weighted by Gasteiger charge is 2.18. The molecule has 2 heteroatoms. The first kappa shape index (κ1) is 10.3. The topological polar surface area (TPSA) is 12.0 Å². The predicted octanol–water partition coefficient (Wildman–Crippen LogP) is 3.58. The summed E-state index contributed by atoms with van der Waals surface area (Å²) in [5, 5.41) is 3.43. The molecule has 0 bridgehead atoms. The maximum atomic E-state index is 12.9. The van der Waals surface area contributed by atoms with Crippen LogP contribution in [0.4, 0.5) is 10.1 Å². The Bertz CT molecular complexity index is 519. The van der Waals surface area contributed by atoms with E-state index in [4.69, 9.17) is 0 Å². The van der Waals surface area contributed by atoms with Gasteiger partial charge in [-0.05, 0) is 35.7 Å². The molecule has 0 spiro atoms. The number of benzene rings is 2. The minimum absolute atomic E-state index is 0.169. The molecule has 17 heavy (non-hydrogen) atoms. The van der Waals surface area contributed by atoms with E-state index in [1.165, 1.54) is 28.9 Å². The Balaban J connectivity index is 1.86. The molecule has 2 aromatic carbocycles. The Hall–Kier alpha value is -1.83. The van der Waals surface area contributed by atoms with E-state index in [-0.39, 0.29) is 5.82 Å². The smallest absolute Gasteiger partial charge is 0.123 e. The highest BCUT2D eigenvalue weighted by molar-refractivity contribution is 5.54. The Morgan fingerprint density at radius 3 is 2.59 bits per heavy atom. The fourth-order valence-corrected chi connectivity index (χ4v) is 2.41. The van der Waals surface area contributed by atoms with E-state index in [9.17, 15) is 4.39 Å². The van der Waals surface area contributed by atoms with Gasteiger partial charge in [-0.3, -0.25) is 0 Å². The Labute approximate surface area is 100 Å². The van der Waals surface area contributed by atoms with Gasteiger partial charge in [-0.1, -0.05) is 30.3 Å². The van der Waals surface area contributed by atoms with Crippen molar-refractivity contribution in [1.82, 2.24) is 0 Å². The highest BCUT2D eigenvalue weighted by Crippen LogP contribution is 2.30. The van der Waals surface area contributed by atoms with Crippen molar-refractivity contribution in [2.45, 2.75) is 12.3 Å². The second-order valence-corrected chi connectivity index (χ2v) is 4.49. The molecule has 0 amide bonds. The first-order valence-electron chi connectivity index (χ1n) is 5.90. The second-order valence-electron chi connectivity index (χ2n) is 4.49. The lowest BCUT2D eigenvalue weighted by molar-refractivity contribution is 0.623. The second kappa shape index (κ2) is 4.21. The summed E-state index contributed by atoms with van der Waals surface area (Å²) in [6.45, 7) is 0.919. The Kier molecular flexibility index (Phi) is 2.56. The van der Waals surface area contributed by atoms with E-state index in [1.54, 1.807) is 0 Å². The van der Waals surface area contributed by atoms with Crippen LogP contribution in [0.3, 0.4) is 0 Å². The molecule has 0 radical (unpaired) electrons. The van der Waals surface area contributed by atoms with Crippen molar-refractivity contribution >= 4 is 5.69 Å². The zero-order chi connectivity index (χ0) is 11.7. The van der Waals surface area contributed by atoms with E-state index in [2.05, 4.69) is 23.5 Å². The molecule has 1 nitrogen and oxygen atoms in total. The van der Waals surface area contributed by atoms with E-state index in [1.807, 2.05) is 18.2 Å². The van der Waals surface area contributed by atoms with E-state index in [0.717, 1.165) is 13.0 Å². The number of rotatable bonds is 1. The number of nitrogens with one attached hydrogen (secondary N) is 1. The van der Waals surface area contributed by atoms with Crippen molar-refractivity contribution in [1.29, 1.82) is 0 Å². The van der Waals surface area contributed by atoms with Crippen LogP contribution >= 0.6 is 0 Å². The molecular formula is C15H14FN. The zero-order valence-corrected chi connectivity index (χ0v) is 9.49.